The number of furan rings is 1. The molecule has 0 atom stereocenters. The van der Waals surface area contributed by atoms with Gasteiger partial charge in [-0.25, -0.2) is 0 Å². The van der Waals surface area contributed by atoms with Crippen LogP contribution in [0.5, 0.6) is 0 Å². The molecule has 1 aliphatic rings. The molecule has 15 heavy (non-hydrogen) atoms. The molecule has 0 amide bonds. The van der Waals surface area contributed by atoms with Crippen molar-refractivity contribution in [1.29, 1.82) is 0 Å². The Balaban J connectivity index is 1.95. The molecule has 0 aliphatic heterocycles. The summed E-state index contributed by atoms with van der Waals surface area (Å²) < 4.78 is 5.37. The Morgan fingerprint density at radius 3 is 2.73 bits per heavy atom. The standard InChI is InChI=1S/C12H20N2O/c1-12(2,13)9-14(10-5-6-10)8-11-4-3-7-15-11/h3-4,7,10H,5-6,8-9,13H2,1-2H3. The highest BCUT2D eigenvalue weighted by molar-refractivity contribution is 5.00. The first-order valence-corrected chi connectivity index (χ1v) is 5.60. The van der Waals surface area contributed by atoms with E-state index in [2.05, 4.69) is 18.7 Å². The molecule has 1 aliphatic carbocycles. The zero-order valence-electron chi connectivity index (χ0n) is 9.57. The SMILES string of the molecule is CC(C)(N)CN(Cc1ccco1)C1CC1. The van der Waals surface area contributed by atoms with Crippen LogP contribution in [0.4, 0.5) is 0 Å². The molecule has 84 valence electrons. The van der Waals surface area contributed by atoms with Gasteiger partial charge in [0.15, 0.2) is 0 Å². The van der Waals surface area contributed by atoms with Crippen LogP contribution >= 0.6 is 0 Å². The molecule has 3 heteroatoms. The average Bonchev–Trinajstić information content (AvgIpc) is 2.83. The molecular weight excluding hydrogens is 188 g/mol. The third kappa shape index (κ3) is 3.36. The maximum absolute atomic E-state index is 6.06. The zero-order valence-corrected chi connectivity index (χ0v) is 9.57. The number of hydrogen-bond donors (Lipinski definition) is 1. The fourth-order valence-electron chi connectivity index (χ4n) is 1.88. The van der Waals surface area contributed by atoms with Crippen LogP contribution in [0.3, 0.4) is 0 Å². The van der Waals surface area contributed by atoms with Gasteiger partial charge in [0, 0.05) is 18.1 Å². The van der Waals surface area contributed by atoms with E-state index in [4.69, 9.17) is 10.2 Å². The first kappa shape index (κ1) is 10.7. The molecule has 2 N–H and O–H groups in total. The second kappa shape index (κ2) is 3.99. The van der Waals surface area contributed by atoms with Crippen LogP contribution < -0.4 is 5.73 Å². The third-order valence-electron chi connectivity index (χ3n) is 2.61. The summed E-state index contributed by atoms with van der Waals surface area (Å²) in [5.74, 6) is 1.03. The molecule has 0 saturated heterocycles. The molecule has 3 nitrogen and oxygen atoms in total. The third-order valence-corrected chi connectivity index (χ3v) is 2.61. The summed E-state index contributed by atoms with van der Waals surface area (Å²) in [4.78, 5) is 2.43. The van der Waals surface area contributed by atoms with E-state index in [1.54, 1.807) is 6.26 Å². The van der Waals surface area contributed by atoms with Gasteiger partial charge in [-0.05, 0) is 38.8 Å². The van der Waals surface area contributed by atoms with Crippen LogP contribution in [-0.4, -0.2) is 23.0 Å². The number of nitrogens with two attached hydrogens (primary N) is 1. The number of rotatable bonds is 5. The Morgan fingerprint density at radius 2 is 2.27 bits per heavy atom. The lowest BCUT2D eigenvalue weighted by Gasteiger charge is -2.29. The Morgan fingerprint density at radius 1 is 1.53 bits per heavy atom. The van der Waals surface area contributed by atoms with Crippen molar-refractivity contribution >= 4 is 0 Å². The molecule has 0 bridgehead atoms. The lowest BCUT2D eigenvalue weighted by Crippen LogP contribution is -2.45. The molecular formula is C12H20N2O. The van der Waals surface area contributed by atoms with E-state index >= 15 is 0 Å². The van der Waals surface area contributed by atoms with Crippen LogP contribution in [0.2, 0.25) is 0 Å². The van der Waals surface area contributed by atoms with Gasteiger partial charge in [0.1, 0.15) is 5.76 Å². The molecule has 0 unspecified atom stereocenters. The predicted octanol–water partition coefficient (Wildman–Crippen LogP) is 1.98. The van der Waals surface area contributed by atoms with E-state index in [1.807, 2.05) is 12.1 Å². The Kier molecular flexibility index (Phi) is 2.85. The molecule has 0 radical (unpaired) electrons. The molecule has 1 heterocycles. The van der Waals surface area contributed by atoms with Crippen LogP contribution in [0.25, 0.3) is 0 Å². The van der Waals surface area contributed by atoms with Crippen molar-refractivity contribution in [2.75, 3.05) is 6.54 Å². The smallest absolute Gasteiger partial charge is 0.117 e. The van der Waals surface area contributed by atoms with Gasteiger partial charge < -0.3 is 10.2 Å². The molecule has 1 saturated carbocycles. The van der Waals surface area contributed by atoms with Crippen LogP contribution in [0, 0.1) is 0 Å². The first-order chi connectivity index (χ1) is 7.04. The lowest BCUT2D eigenvalue weighted by molar-refractivity contribution is 0.194. The van der Waals surface area contributed by atoms with E-state index in [0.29, 0.717) is 0 Å². The molecule has 0 spiro atoms. The Hall–Kier alpha value is -0.800. The average molecular weight is 208 g/mol. The fraction of sp³-hybridized carbons (Fsp3) is 0.667. The lowest BCUT2D eigenvalue weighted by atomic mass is 10.1. The summed E-state index contributed by atoms with van der Waals surface area (Å²) in [6.07, 6.45) is 4.33. The maximum atomic E-state index is 6.06. The van der Waals surface area contributed by atoms with E-state index < -0.39 is 0 Å². The second-order valence-corrected chi connectivity index (χ2v) is 5.20. The zero-order chi connectivity index (χ0) is 10.9. The highest BCUT2D eigenvalue weighted by atomic mass is 16.3. The highest BCUT2D eigenvalue weighted by Crippen LogP contribution is 2.29. The minimum absolute atomic E-state index is 0.130. The van der Waals surface area contributed by atoms with Gasteiger partial charge in [-0.1, -0.05) is 0 Å². The van der Waals surface area contributed by atoms with Crippen LogP contribution in [-0.2, 0) is 6.54 Å². The van der Waals surface area contributed by atoms with Crippen molar-refractivity contribution in [2.45, 2.75) is 44.8 Å². The summed E-state index contributed by atoms with van der Waals surface area (Å²) in [7, 11) is 0. The fourth-order valence-corrected chi connectivity index (χ4v) is 1.88. The normalized spacial score (nSPS) is 17.3. The van der Waals surface area contributed by atoms with Gasteiger partial charge in [0.25, 0.3) is 0 Å². The van der Waals surface area contributed by atoms with Crippen molar-refractivity contribution in [2.24, 2.45) is 5.73 Å². The summed E-state index contributed by atoms with van der Waals surface area (Å²) >= 11 is 0. The Labute approximate surface area is 91.2 Å². The van der Waals surface area contributed by atoms with Crippen LogP contribution in [0.15, 0.2) is 22.8 Å². The largest absolute Gasteiger partial charge is 0.468 e. The summed E-state index contributed by atoms with van der Waals surface area (Å²) in [6, 6.07) is 4.69. The van der Waals surface area contributed by atoms with Crippen molar-refractivity contribution in [3.63, 3.8) is 0 Å². The van der Waals surface area contributed by atoms with E-state index in [0.717, 1.165) is 24.9 Å². The first-order valence-electron chi connectivity index (χ1n) is 5.60. The minimum Gasteiger partial charge on any atom is -0.468 e. The monoisotopic (exact) mass is 208 g/mol. The highest BCUT2D eigenvalue weighted by Gasteiger charge is 2.32. The van der Waals surface area contributed by atoms with Crippen LogP contribution in [0.1, 0.15) is 32.4 Å². The van der Waals surface area contributed by atoms with Crippen molar-refractivity contribution in [1.82, 2.24) is 4.90 Å². The molecule has 1 aromatic rings. The van der Waals surface area contributed by atoms with E-state index in [9.17, 15) is 0 Å². The van der Waals surface area contributed by atoms with Gasteiger partial charge in [-0.3, -0.25) is 4.90 Å². The summed E-state index contributed by atoms with van der Waals surface area (Å²) in [5, 5.41) is 0. The quantitative estimate of drug-likeness (QED) is 0.804. The number of nitrogens with zero attached hydrogens (tertiary/aromatic N) is 1. The second-order valence-electron chi connectivity index (χ2n) is 5.20. The van der Waals surface area contributed by atoms with Crippen molar-refractivity contribution < 1.29 is 4.42 Å². The van der Waals surface area contributed by atoms with Gasteiger partial charge in [0.2, 0.25) is 0 Å². The Bertz CT molecular complexity index is 296. The molecule has 1 aromatic heterocycles. The predicted molar refractivity (Wildman–Crippen MR) is 60.4 cm³/mol. The van der Waals surface area contributed by atoms with Gasteiger partial charge >= 0.3 is 0 Å². The van der Waals surface area contributed by atoms with E-state index in [-0.39, 0.29) is 5.54 Å². The van der Waals surface area contributed by atoms with Gasteiger partial charge in [-0.2, -0.15) is 0 Å². The van der Waals surface area contributed by atoms with E-state index in [1.165, 1.54) is 12.8 Å². The molecule has 0 aromatic carbocycles. The minimum atomic E-state index is -0.130. The van der Waals surface area contributed by atoms with Gasteiger partial charge in [0.05, 0.1) is 12.8 Å². The summed E-state index contributed by atoms with van der Waals surface area (Å²) in [6.45, 7) is 5.96. The molecule has 2 rings (SSSR count). The van der Waals surface area contributed by atoms with Crippen molar-refractivity contribution in [3.8, 4) is 0 Å². The summed E-state index contributed by atoms with van der Waals surface area (Å²) in [5.41, 5.74) is 5.93. The topological polar surface area (TPSA) is 42.4 Å². The van der Waals surface area contributed by atoms with Crippen molar-refractivity contribution in [3.05, 3.63) is 24.2 Å². The molecule has 1 fully saturated rings. The van der Waals surface area contributed by atoms with Gasteiger partial charge in [-0.15, -0.1) is 0 Å². The number of hydrogen-bond acceptors (Lipinski definition) is 3. The maximum Gasteiger partial charge on any atom is 0.117 e.